The number of aromatic nitrogens is 3. The Morgan fingerprint density at radius 3 is 2.68 bits per heavy atom. The molecule has 0 spiro atoms. The number of carbonyl (C=O) groups excluding carboxylic acids is 1. The molecule has 0 atom stereocenters. The smallest absolute Gasteiger partial charge is 0.226 e. The van der Waals surface area contributed by atoms with Crippen LogP contribution in [0, 0.1) is 13.8 Å². The molecule has 118 valence electrons. The third kappa shape index (κ3) is 3.19. The van der Waals surface area contributed by atoms with Crippen molar-refractivity contribution in [1.82, 2.24) is 20.4 Å². The SMILES string of the molecule is Cc1nc(C2(NC(=O)Cc3csc(C)n3)CCCCC2)no1. The minimum absolute atomic E-state index is 0.0327. The zero-order valence-corrected chi connectivity index (χ0v) is 13.7. The highest BCUT2D eigenvalue weighted by Gasteiger charge is 2.39. The highest BCUT2D eigenvalue weighted by Crippen LogP contribution is 2.35. The summed E-state index contributed by atoms with van der Waals surface area (Å²) in [5.74, 6) is 1.10. The van der Waals surface area contributed by atoms with Crippen LogP contribution >= 0.6 is 11.3 Å². The summed E-state index contributed by atoms with van der Waals surface area (Å²) in [4.78, 5) is 21.2. The van der Waals surface area contributed by atoms with Crippen LogP contribution < -0.4 is 5.32 Å². The Kier molecular flexibility index (Phi) is 4.24. The van der Waals surface area contributed by atoms with Gasteiger partial charge in [0.25, 0.3) is 0 Å². The van der Waals surface area contributed by atoms with Crippen LogP contribution in [0.4, 0.5) is 0 Å². The Balaban J connectivity index is 1.76. The van der Waals surface area contributed by atoms with E-state index in [-0.39, 0.29) is 5.91 Å². The van der Waals surface area contributed by atoms with Gasteiger partial charge in [0.05, 0.1) is 17.1 Å². The predicted molar refractivity (Wildman–Crippen MR) is 82.5 cm³/mol. The highest BCUT2D eigenvalue weighted by molar-refractivity contribution is 7.09. The van der Waals surface area contributed by atoms with Crippen molar-refractivity contribution in [2.45, 2.75) is 57.9 Å². The predicted octanol–water partition coefficient (Wildman–Crippen LogP) is 2.66. The monoisotopic (exact) mass is 320 g/mol. The summed E-state index contributed by atoms with van der Waals surface area (Å²) in [7, 11) is 0. The number of hydrogen-bond acceptors (Lipinski definition) is 6. The highest BCUT2D eigenvalue weighted by atomic mass is 32.1. The van der Waals surface area contributed by atoms with Gasteiger partial charge in [0.2, 0.25) is 11.8 Å². The molecule has 1 saturated carbocycles. The summed E-state index contributed by atoms with van der Waals surface area (Å²) in [6.45, 7) is 3.71. The van der Waals surface area contributed by atoms with Gasteiger partial charge < -0.3 is 9.84 Å². The van der Waals surface area contributed by atoms with Gasteiger partial charge in [-0.1, -0.05) is 24.4 Å². The minimum Gasteiger partial charge on any atom is -0.343 e. The van der Waals surface area contributed by atoms with Gasteiger partial charge >= 0.3 is 0 Å². The zero-order valence-electron chi connectivity index (χ0n) is 12.9. The number of nitrogens with one attached hydrogen (secondary N) is 1. The molecule has 0 unspecified atom stereocenters. The van der Waals surface area contributed by atoms with E-state index in [2.05, 4.69) is 20.4 Å². The van der Waals surface area contributed by atoms with Gasteiger partial charge in [0.1, 0.15) is 5.54 Å². The van der Waals surface area contributed by atoms with Crippen LogP contribution in [0.2, 0.25) is 0 Å². The molecular weight excluding hydrogens is 300 g/mol. The summed E-state index contributed by atoms with van der Waals surface area (Å²) >= 11 is 1.56. The average molecular weight is 320 g/mol. The first-order chi connectivity index (χ1) is 10.6. The number of nitrogens with zero attached hydrogens (tertiary/aromatic N) is 3. The van der Waals surface area contributed by atoms with Crippen molar-refractivity contribution in [2.75, 3.05) is 0 Å². The van der Waals surface area contributed by atoms with E-state index < -0.39 is 5.54 Å². The van der Waals surface area contributed by atoms with Gasteiger partial charge in [-0.15, -0.1) is 11.3 Å². The molecule has 0 aliphatic heterocycles. The van der Waals surface area contributed by atoms with Gasteiger partial charge in [0.15, 0.2) is 5.82 Å². The molecule has 2 aromatic rings. The van der Waals surface area contributed by atoms with Crippen molar-refractivity contribution >= 4 is 17.2 Å². The summed E-state index contributed by atoms with van der Waals surface area (Å²) in [5, 5.41) is 10.1. The van der Waals surface area contributed by atoms with E-state index in [1.54, 1.807) is 18.3 Å². The van der Waals surface area contributed by atoms with Crippen molar-refractivity contribution in [2.24, 2.45) is 0 Å². The summed E-state index contributed by atoms with van der Waals surface area (Å²) in [6.07, 6.45) is 5.30. The molecule has 0 saturated heterocycles. The number of hydrogen-bond donors (Lipinski definition) is 1. The van der Waals surface area contributed by atoms with Gasteiger partial charge in [0, 0.05) is 12.3 Å². The second kappa shape index (κ2) is 6.16. The molecule has 0 radical (unpaired) electrons. The van der Waals surface area contributed by atoms with E-state index >= 15 is 0 Å². The van der Waals surface area contributed by atoms with Crippen LogP contribution in [0.1, 0.15) is 54.5 Å². The van der Waals surface area contributed by atoms with Crippen LogP contribution in [0.3, 0.4) is 0 Å². The Labute approximate surface area is 133 Å². The fourth-order valence-corrected chi connectivity index (χ4v) is 3.63. The maximum Gasteiger partial charge on any atom is 0.226 e. The summed E-state index contributed by atoms with van der Waals surface area (Å²) in [6, 6.07) is 0. The first-order valence-corrected chi connectivity index (χ1v) is 8.48. The molecule has 1 aliphatic carbocycles. The molecule has 1 amide bonds. The van der Waals surface area contributed by atoms with E-state index in [0.717, 1.165) is 36.4 Å². The first kappa shape index (κ1) is 15.1. The Morgan fingerprint density at radius 2 is 2.09 bits per heavy atom. The molecule has 0 bridgehead atoms. The molecular formula is C15H20N4O2S. The first-order valence-electron chi connectivity index (χ1n) is 7.60. The van der Waals surface area contributed by atoms with Crippen LogP contribution in [-0.2, 0) is 16.8 Å². The molecule has 7 heteroatoms. The maximum atomic E-state index is 12.4. The molecule has 22 heavy (non-hydrogen) atoms. The Bertz CT molecular complexity index is 658. The molecule has 1 aliphatic rings. The second-order valence-electron chi connectivity index (χ2n) is 5.86. The van der Waals surface area contributed by atoms with Crippen molar-refractivity contribution in [3.8, 4) is 0 Å². The van der Waals surface area contributed by atoms with Gasteiger partial charge in [-0.05, 0) is 19.8 Å². The minimum atomic E-state index is -0.488. The van der Waals surface area contributed by atoms with Crippen molar-refractivity contribution in [3.05, 3.63) is 27.8 Å². The third-order valence-electron chi connectivity index (χ3n) is 4.05. The lowest BCUT2D eigenvalue weighted by Gasteiger charge is -2.35. The van der Waals surface area contributed by atoms with Crippen molar-refractivity contribution < 1.29 is 9.32 Å². The summed E-state index contributed by atoms with van der Waals surface area (Å²) < 4.78 is 5.12. The Morgan fingerprint density at radius 1 is 1.32 bits per heavy atom. The molecule has 3 rings (SSSR count). The average Bonchev–Trinajstić information content (AvgIpc) is 3.09. The topological polar surface area (TPSA) is 80.9 Å². The molecule has 1 fully saturated rings. The molecule has 2 heterocycles. The number of amides is 1. The Hall–Kier alpha value is -1.76. The van der Waals surface area contributed by atoms with Crippen LogP contribution in [0.5, 0.6) is 0 Å². The van der Waals surface area contributed by atoms with Gasteiger partial charge in [-0.3, -0.25) is 4.79 Å². The fraction of sp³-hybridized carbons (Fsp3) is 0.600. The quantitative estimate of drug-likeness (QED) is 0.936. The number of rotatable bonds is 4. The van der Waals surface area contributed by atoms with E-state index in [9.17, 15) is 4.79 Å². The lowest BCUT2D eigenvalue weighted by Crippen LogP contribution is -2.48. The molecule has 2 aromatic heterocycles. The number of thiazole rings is 1. The standard InChI is InChI=1S/C15H20N4O2S/c1-10-16-14(19-21-10)15(6-4-3-5-7-15)18-13(20)8-12-9-22-11(2)17-12/h9H,3-8H2,1-2H3,(H,18,20). The van der Waals surface area contributed by atoms with Crippen molar-refractivity contribution in [3.63, 3.8) is 0 Å². The van der Waals surface area contributed by atoms with Crippen LogP contribution in [0.15, 0.2) is 9.90 Å². The van der Waals surface area contributed by atoms with Gasteiger partial charge in [-0.25, -0.2) is 4.98 Å². The second-order valence-corrected chi connectivity index (χ2v) is 6.92. The van der Waals surface area contributed by atoms with E-state index in [1.807, 2.05) is 12.3 Å². The molecule has 1 N–H and O–H groups in total. The lowest BCUT2D eigenvalue weighted by atomic mass is 9.81. The van der Waals surface area contributed by atoms with E-state index in [4.69, 9.17) is 4.52 Å². The largest absolute Gasteiger partial charge is 0.343 e. The molecule has 6 nitrogen and oxygen atoms in total. The number of aryl methyl sites for hydroxylation is 2. The van der Waals surface area contributed by atoms with Crippen molar-refractivity contribution in [1.29, 1.82) is 0 Å². The lowest BCUT2D eigenvalue weighted by molar-refractivity contribution is -0.123. The zero-order chi connectivity index (χ0) is 15.6. The summed E-state index contributed by atoms with van der Waals surface area (Å²) in [5.41, 5.74) is 0.327. The fourth-order valence-electron chi connectivity index (χ4n) is 3.02. The van der Waals surface area contributed by atoms with E-state index in [1.165, 1.54) is 6.42 Å². The van der Waals surface area contributed by atoms with Crippen LogP contribution in [-0.4, -0.2) is 21.0 Å². The third-order valence-corrected chi connectivity index (χ3v) is 4.87. The molecule has 0 aromatic carbocycles. The normalized spacial score (nSPS) is 17.4. The maximum absolute atomic E-state index is 12.4. The number of carbonyl (C=O) groups is 1. The van der Waals surface area contributed by atoms with Gasteiger partial charge in [-0.2, -0.15) is 4.98 Å². The van der Waals surface area contributed by atoms with E-state index in [0.29, 0.717) is 18.1 Å². The van der Waals surface area contributed by atoms with Crippen LogP contribution in [0.25, 0.3) is 0 Å².